The third-order valence-electron chi connectivity index (χ3n) is 2.43. The lowest BCUT2D eigenvalue weighted by Crippen LogP contribution is -2.01. The van der Waals surface area contributed by atoms with Crippen LogP contribution in [0.3, 0.4) is 0 Å². The Morgan fingerprint density at radius 1 is 1.11 bits per heavy atom. The van der Waals surface area contributed by atoms with Crippen LogP contribution in [0.25, 0.3) is 0 Å². The Morgan fingerprint density at radius 3 is 2.37 bits per heavy atom. The van der Waals surface area contributed by atoms with Crippen LogP contribution in [-0.4, -0.2) is 24.2 Å². The lowest BCUT2D eigenvalue weighted by atomic mass is 10.2. The number of hydrogen-bond acceptors (Lipinski definition) is 5. The average Bonchev–Trinajstić information content (AvgIpc) is 2.47. The van der Waals surface area contributed by atoms with Crippen molar-refractivity contribution >= 4 is 23.2 Å². The Labute approximate surface area is 116 Å². The van der Waals surface area contributed by atoms with Gasteiger partial charge in [-0.1, -0.05) is 12.1 Å². The number of halogens is 1. The van der Waals surface area contributed by atoms with Crippen LogP contribution >= 0.6 is 11.6 Å². The molecule has 0 amide bonds. The zero-order chi connectivity index (χ0) is 13.7. The normalized spacial score (nSPS) is 10.1. The Hall–Kier alpha value is -2.01. The molecule has 0 saturated carbocycles. The fraction of sp³-hybridized carbons (Fsp3) is 0.231. The van der Waals surface area contributed by atoms with Crippen LogP contribution in [0, 0.1) is 0 Å². The molecule has 0 aliphatic heterocycles. The van der Waals surface area contributed by atoms with Crippen LogP contribution in [0.5, 0.6) is 11.8 Å². The second kappa shape index (κ2) is 6.24. The molecule has 0 unspecified atom stereocenters. The molecule has 0 aliphatic rings. The fourth-order valence-electron chi connectivity index (χ4n) is 1.53. The average molecular weight is 280 g/mol. The van der Waals surface area contributed by atoms with E-state index in [0.717, 1.165) is 11.3 Å². The largest absolute Gasteiger partial charge is 0.481 e. The summed E-state index contributed by atoms with van der Waals surface area (Å²) in [6, 6.07) is 9.32. The maximum absolute atomic E-state index is 5.80. The lowest BCUT2D eigenvalue weighted by Gasteiger charge is -2.09. The number of nitrogens with zero attached hydrogens (tertiary/aromatic N) is 2. The molecule has 0 radical (unpaired) electrons. The summed E-state index contributed by atoms with van der Waals surface area (Å²) in [6.07, 6.45) is 0. The smallest absolute Gasteiger partial charge is 0.233 e. The van der Waals surface area contributed by atoms with E-state index in [0.29, 0.717) is 23.6 Å². The number of ether oxygens (including phenoxy) is 2. The van der Waals surface area contributed by atoms with E-state index in [2.05, 4.69) is 15.3 Å². The monoisotopic (exact) mass is 279 g/mol. The molecule has 0 aliphatic carbocycles. The highest BCUT2D eigenvalue weighted by Gasteiger charge is 2.05. The summed E-state index contributed by atoms with van der Waals surface area (Å²) in [5, 5.41) is 3.09. The van der Waals surface area contributed by atoms with E-state index in [1.54, 1.807) is 20.3 Å². The minimum atomic E-state index is 0.405. The minimum Gasteiger partial charge on any atom is -0.481 e. The zero-order valence-corrected chi connectivity index (χ0v) is 11.4. The van der Waals surface area contributed by atoms with Crippen LogP contribution in [-0.2, 0) is 5.88 Å². The van der Waals surface area contributed by atoms with Crippen molar-refractivity contribution in [2.75, 3.05) is 19.5 Å². The number of aromatic nitrogens is 2. The summed E-state index contributed by atoms with van der Waals surface area (Å²) >= 11 is 5.80. The molecule has 0 fully saturated rings. The van der Waals surface area contributed by atoms with Crippen LogP contribution in [0.1, 0.15) is 5.56 Å². The molecule has 0 saturated heterocycles. The molecule has 0 bridgehead atoms. The third kappa shape index (κ3) is 3.48. The van der Waals surface area contributed by atoms with Crippen molar-refractivity contribution in [3.63, 3.8) is 0 Å². The molecule has 1 N–H and O–H groups in total. The summed E-state index contributed by atoms with van der Waals surface area (Å²) in [6.45, 7) is 0. The van der Waals surface area contributed by atoms with Crippen molar-refractivity contribution in [3.8, 4) is 11.8 Å². The Kier molecular flexibility index (Phi) is 4.41. The van der Waals surface area contributed by atoms with Gasteiger partial charge in [0.15, 0.2) is 0 Å². The van der Waals surface area contributed by atoms with E-state index < -0.39 is 0 Å². The molecule has 0 spiro atoms. The first-order valence-electron chi connectivity index (χ1n) is 5.64. The maximum atomic E-state index is 5.80. The fourth-order valence-corrected chi connectivity index (χ4v) is 1.70. The molecule has 1 aromatic heterocycles. The van der Waals surface area contributed by atoms with Gasteiger partial charge in [-0.15, -0.1) is 11.6 Å². The highest BCUT2D eigenvalue weighted by molar-refractivity contribution is 6.17. The van der Waals surface area contributed by atoms with Crippen molar-refractivity contribution in [1.82, 2.24) is 9.97 Å². The van der Waals surface area contributed by atoms with Crippen molar-refractivity contribution in [2.24, 2.45) is 0 Å². The first kappa shape index (κ1) is 13.4. The summed E-state index contributed by atoms with van der Waals surface area (Å²) in [5.41, 5.74) is 1.87. The van der Waals surface area contributed by atoms with Gasteiger partial charge in [-0.3, -0.25) is 0 Å². The van der Waals surface area contributed by atoms with Gasteiger partial charge in [0, 0.05) is 11.6 Å². The van der Waals surface area contributed by atoms with Gasteiger partial charge in [0.2, 0.25) is 17.7 Å². The van der Waals surface area contributed by atoms with Crippen LogP contribution < -0.4 is 14.8 Å². The van der Waals surface area contributed by atoms with E-state index in [1.165, 1.54) is 0 Å². The van der Waals surface area contributed by atoms with Crippen molar-refractivity contribution < 1.29 is 9.47 Å². The number of benzene rings is 1. The number of rotatable bonds is 5. The first-order valence-corrected chi connectivity index (χ1v) is 6.17. The molecule has 6 heteroatoms. The van der Waals surface area contributed by atoms with Gasteiger partial charge in [0.05, 0.1) is 20.3 Å². The van der Waals surface area contributed by atoms with Gasteiger partial charge in [-0.25, -0.2) is 0 Å². The van der Waals surface area contributed by atoms with Gasteiger partial charge in [-0.2, -0.15) is 9.97 Å². The highest BCUT2D eigenvalue weighted by Crippen LogP contribution is 2.21. The summed E-state index contributed by atoms with van der Waals surface area (Å²) in [5.74, 6) is 1.73. The summed E-state index contributed by atoms with van der Waals surface area (Å²) in [4.78, 5) is 8.39. The van der Waals surface area contributed by atoms with Crippen molar-refractivity contribution in [3.05, 3.63) is 35.9 Å². The van der Waals surface area contributed by atoms with E-state index in [1.807, 2.05) is 24.3 Å². The summed E-state index contributed by atoms with van der Waals surface area (Å²) in [7, 11) is 3.08. The van der Waals surface area contributed by atoms with E-state index >= 15 is 0 Å². The van der Waals surface area contributed by atoms with Gasteiger partial charge in [0.1, 0.15) is 0 Å². The molecule has 2 aromatic rings. The van der Waals surface area contributed by atoms with Crippen LogP contribution in [0.4, 0.5) is 11.6 Å². The second-order valence-electron chi connectivity index (χ2n) is 3.74. The SMILES string of the molecule is COc1cc(OC)nc(Nc2cccc(CCl)c2)n1. The zero-order valence-electron chi connectivity index (χ0n) is 10.7. The van der Waals surface area contributed by atoms with Crippen molar-refractivity contribution in [1.29, 1.82) is 0 Å². The molecule has 5 nitrogen and oxygen atoms in total. The number of hydrogen-bond donors (Lipinski definition) is 1. The number of methoxy groups -OCH3 is 2. The molecule has 19 heavy (non-hydrogen) atoms. The third-order valence-corrected chi connectivity index (χ3v) is 2.74. The maximum Gasteiger partial charge on any atom is 0.233 e. The number of nitrogens with one attached hydrogen (secondary N) is 1. The number of alkyl halides is 1. The van der Waals surface area contributed by atoms with E-state index in [4.69, 9.17) is 21.1 Å². The lowest BCUT2D eigenvalue weighted by molar-refractivity contribution is 0.373. The molecule has 100 valence electrons. The second-order valence-corrected chi connectivity index (χ2v) is 4.00. The molecule has 1 aromatic carbocycles. The quantitative estimate of drug-likeness (QED) is 0.853. The summed E-state index contributed by atoms with van der Waals surface area (Å²) < 4.78 is 10.2. The molecule has 2 rings (SSSR count). The first-order chi connectivity index (χ1) is 9.25. The predicted octanol–water partition coefficient (Wildman–Crippen LogP) is 2.98. The standard InChI is InChI=1S/C13H14ClN3O2/c1-18-11-7-12(19-2)17-13(16-11)15-10-5-3-4-9(6-10)8-14/h3-7H,8H2,1-2H3,(H,15,16,17). The molecular weight excluding hydrogens is 266 g/mol. The van der Waals surface area contributed by atoms with E-state index in [9.17, 15) is 0 Å². The van der Waals surface area contributed by atoms with Crippen LogP contribution in [0.2, 0.25) is 0 Å². The van der Waals surface area contributed by atoms with Gasteiger partial charge in [0.25, 0.3) is 0 Å². The Balaban J connectivity index is 2.26. The van der Waals surface area contributed by atoms with Gasteiger partial charge >= 0.3 is 0 Å². The Morgan fingerprint density at radius 2 is 1.79 bits per heavy atom. The van der Waals surface area contributed by atoms with E-state index in [-0.39, 0.29) is 0 Å². The van der Waals surface area contributed by atoms with Gasteiger partial charge < -0.3 is 14.8 Å². The molecular formula is C13H14ClN3O2. The predicted molar refractivity (Wildman–Crippen MR) is 74.4 cm³/mol. The minimum absolute atomic E-state index is 0.405. The highest BCUT2D eigenvalue weighted by atomic mass is 35.5. The van der Waals surface area contributed by atoms with Gasteiger partial charge in [-0.05, 0) is 17.7 Å². The molecule has 1 heterocycles. The Bertz CT molecular complexity index is 541. The topological polar surface area (TPSA) is 56.3 Å². The van der Waals surface area contributed by atoms with Crippen molar-refractivity contribution in [2.45, 2.75) is 5.88 Å². The molecule has 0 atom stereocenters. The number of anilines is 2. The van der Waals surface area contributed by atoms with Crippen LogP contribution in [0.15, 0.2) is 30.3 Å².